The molecule has 0 aromatic carbocycles. The molecule has 0 aliphatic heterocycles. The Bertz CT molecular complexity index is 262. The van der Waals surface area contributed by atoms with E-state index in [1.807, 2.05) is 11.6 Å². The first-order valence-corrected chi connectivity index (χ1v) is 5.53. The van der Waals surface area contributed by atoms with E-state index in [0.29, 0.717) is 0 Å². The number of aromatic nitrogens is 3. The van der Waals surface area contributed by atoms with Crippen molar-refractivity contribution in [2.24, 2.45) is 0 Å². The SMILES string of the molecule is CCNCc1ncn(CCCOCC)n1. The Balaban J connectivity index is 2.20. The van der Waals surface area contributed by atoms with E-state index in [4.69, 9.17) is 4.74 Å². The molecule has 86 valence electrons. The van der Waals surface area contributed by atoms with E-state index in [2.05, 4.69) is 22.3 Å². The second-order valence-corrected chi connectivity index (χ2v) is 3.25. The molecule has 0 saturated carbocycles. The Morgan fingerprint density at radius 2 is 2.33 bits per heavy atom. The van der Waals surface area contributed by atoms with Gasteiger partial charge in [-0.05, 0) is 19.9 Å². The lowest BCUT2D eigenvalue weighted by Gasteiger charge is -2.00. The van der Waals surface area contributed by atoms with E-state index in [9.17, 15) is 0 Å². The summed E-state index contributed by atoms with van der Waals surface area (Å²) in [6, 6.07) is 0. The third kappa shape index (κ3) is 4.90. The van der Waals surface area contributed by atoms with Gasteiger partial charge in [0.1, 0.15) is 6.33 Å². The maximum atomic E-state index is 5.25. The lowest BCUT2D eigenvalue weighted by molar-refractivity contribution is 0.140. The van der Waals surface area contributed by atoms with E-state index in [1.54, 1.807) is 6.33 Å². The van der Waals surface area contributed by atoms with Crippen molar-refractivity contribution in [3.05, 3.63) is 12.2 Å². The average Bonchev–Trinajstić information content (AvgIpc) is 2.69. The first-order valence-electron chi connectivity index (χ1n) is 5.53. The van der Waals surface area contributed by atoms with Crippen LogP contribution in [-0.4, -0.2) is 34.5 Å². The number of rotatable bonds is 8. The van der Waals surface area contributed by atoms with Gasteiger partial charge in [-0.3, -0.25) is 4.68 Å². The van der Waals surface area contributed by atoms with Crippen LogP contribution in [0.25, 0.3) is 0 Å². The van der Waals surface area contributed by atoms with E-state index < -0.39 is 0 Å². The summed E-state index contributed by atoms with van der Waals surface area (Å²) in [6.07, 6.45) is 2.76. The van der Waals surface area contributed by atoms with Gasteiger partial charge in [-0.15, -0.1) is 0 Å². The molecule has 0 saturated heterocycles. The smallest absolute Gasteiger partial charge is 0.164 e. The molecule has 5 heteroatoms. The van der Waals surface area contributed by atoms with Crippen molar-refractivity contribution >= 4 is 0 Å². The molecule has 15 heavy (non-hydrogen) atoms. The number of aryl methyl sites for hydroxylation is 1. The topological polar surface area (TPSA) is 52.0 Å². The minimum Gasteiger partial charge on any atom is -0.382 e. The highest BCUT2D eigenvalue weighted by Crippen LogP contribution is 1.92. The lowest BCUT2D eigenvalue weighted by atomic mass is 10.4. The summed E-state index contributed by atoms with van der Waals surface area (Å²) in [6.45, 7) is 8.21. The average molecular weight is 212 g/mol. The third-order valence-electron chi connectivity index (χ3n) is 2.00. The predicted octanol–water partition coefficient (Wildman–Crippen LogP) is 0.814. The third-order valence-corrected chi connectivity index (χ3v) is 2.00. The van der Waals surface area contributed by atoms with Crippen LogP contribution in [0.2, 0.25) is 0 Å². The Kier molecular flexibility index (Phi) is 5.96. The van der Waals surface area contributed by atoms with Crippen LogP contribution in [0, 0.1) is 0 Å². The van der Waals surface area contributed by atoms with Gasteiger partial charge in [0.25, 0.3) is 0 Å². The van der Waals surface area contributed by atoms with Crippen molar-refractivity contribution in [3.8, 4) is 0 Å². The summed E-state index contributed by atoms with van der Waals surface area (Å²) in [4.78, 5) is 4.20. The van der Waals surface area contributed by atoms with Crippen LogP contribution >= 0.6 is 0 Å². The summed E-state index contributed by atoms with van der Waals surface area (Å²) >= 11 is 0. The van der Waals surface area contributed by atoms with E-state index in [1.165, 1.54) is 0 Å². The van der Waals surface area contributed by atoms with Gasteiger partial charge < -0.3 is 10.1 Å². The van der Waals surface area contributed by atoms with Gasteiger partial charge >= 0.3 is 0 Å². The Morgan fingerprint density at radius 1 is 1.47 bits per heavy atom. The first kappa shape index (κ1) is 12.1. The fourth-order valence-electron chi connectivity index (χ4n) is 1.23. The molecule has 0 aliphatic rings. The second kappa shape index (κ2) is 7.36. The summed E-state index contributed by atoms with van der Waals surface area (Å²) in [5.41, 5.74) is 0. The van der Waals surface area contributed by atoms with Crippen LogP contribution in [0.5, 0.6) is 0 Å². The minimum atomic E-state index is 0.745. The normalized spacial score (nSPS) is 10.8. The highest BCUT2D eigenvalue weighted by molar-refractivity contribution is 4.80. The van der Waals surface area contributed by atoms with Crippen LogP contribution in [0.4, 0.5) is 0 Å². The molecule has 1 aromatic rings. The molecule has 1 heterocycles. The van der Waals surface area contributed by atoms with E-state index in [-0.39, 0.29) is 0 Å². The summed E-state index contributed by atoms with van der Waals surface area (Å²) in [7, 11) is 0. The zero-order valence-corrected chi connectivity index (χ0v) is 9.57. The maximum absolute atomic E-state index is 5.25. The minimum absolute atomic E-state index is 0.745. The Morgan fingerprint density at radius 3 is 3.07 bits per heavy atom. The largest absolute Gasteiger partial charge is 0.382 e. The standard InChI is InChI=1S/C10H20N4O/c1-3-11-8-10-12-9-14(13-10)6-5-7-15-4-2/h9,11H,3-8H2,1-2H3. The van der Waals surface area contributed by atoms with Crippen LogP contribution in [0.3, 0.4) is 0 Å². The summed E-state index contributed by atoms with van der Waals surface area (Å²) in [5.74, 6) is 0.855. The highest BCUT2D eigenvalue weighted by Gasteiger charge is 1.99. The van der Waals surface area contributed by atoms with Crippen LogP contribution in [0.1, 0.15) is 26.1 Å². The molecule has 0 radical (unpaired) electrons. The molecule has 0 bridgehead atoms. The first-order chi connectivity index (χ1) is 7.36. The Hall–Kier alpha value is -0.940. The van der Waals surface area contributed by atoms with Crippen LogP contribution in [0.15, 0.2) is 6.33 Å². The van der Waals surface area contributed by atoms with E-state index in [0.717, 1.165) is 45.1 Å². The van der Waals surface area contributed by atoms with Crippen molar-refractivity contribution in [3.63, 3.8) is 0 Å². The molecule has 1 N–H and O–H groups in total. The zero-order chi connectivity index (χ0) is 10.9. The van der Waals surface area contributed by atoms with Crippen molar-refractivity contribution < 1.29 is 4.74 Å². The molecule has 0 aliphatic carbocycles. The van der Waals surface area contributed by atoms with Gasteiger partial charge in [0.05, 0.1) is 6.54 Å². The number of hydrogen-bond donors (Lipinski definition) is 1. The molecule has 0 atom stereocenters. The summed E-state index contributed by atoms with van der Waals surface area (Å²) in [5, 5.41) is 7.52. The number of nitrogens with one attached hydrogen (secondary N) is 1. The van der Waals surface area contributed by atoms with Crippen LogP contribution < -0.4 is 5.32 Å². The number of nitrogens with zero attached hydrogens (tertiary/aromatic N) is 3. The van der Waals surface area contributed by atoms with Crippen molar-refractivity contribution in [2.75, 3.05) is 19.8 Å². The number of hydrogen-bond acceptors (Lipinski definition) is 4. The van der Waals surface area contributed by atoms with Gasteiger partial charge in [-0.25, -0.2) is 4.98 Å². The van der Waals surface area contributed by atoms with Crippen molar-refractivity contribution in [1.82, 2.24) is 20.1 Å². The fourth-order valence-corrected chi connectivity index (χ4v) is 1.23. The van der Waals surface area contributed by atoms with Crippen molar-refractivity contribution in [2.45, 2.75) is 33.4 Å². The predicted molar refractivity (Wildman–Crippen MR) is 58.5 cm³/mol. The molecular formula is C10H20N4O. The van der Waals surface area contributed by atoms with E-state index >= 15 is 0 Å². The molecule has 1 rings (SSSR count). The molecule has 0 spiro atoms. The molecular weight excluding hydrogens is 192 g/mol. The van der Waals surface area contributed by atoms with Gasteiger partial charge in [0.2, 0.25) is 0 Å². The van der Waals surface area contributed by atoms with Gasteiger partial charge in [-0.2, -0.15) is 5.10 Å². The quantitative estimate of drug-likeness (QED) is 0.648. The summed E-state index contributed by atoms with van der Waals surface area (Å²) < 4.78 is 7.12. The zero-order valence-electron chi connectivity index (χ0n) is 9.57. The Labute approximate surface area is 90.8 Å². The molecule has 0 fully saturated rings. The second-order valence-electron chi connectivity index (χ2n) is 3.25. The van der Waals surface area contributed by atoms with Gasteiger partial charge in [0.15, 0.2) is 5.82 Å². The molecule has 1 aromatic heterocycles. The molecule has 0 unspecified atom stereocenters. The lowest BCUT2D eigenvalue weighted by Crippen LogP contribution is -2.13. The van der Waals surface area contributed by atoms with Crippen LogP contribution in [-0.2, 0) is 17.8 Å². The maximum Gasteiger partial charge on any atom is 0.164 e. The highest BCUT2D eigenvalue weighted by atomic mass is 16.5. The van der Waals surface area contributed by atoms with Crippen molar-refractivity contribution in [1.29, 1.82) is 0 Å². The van der Waals surface area contributed by atoms with Gasteiger partial charge in [0, 0.05) is 19.8 Å². The molecule has 5 nitrogen and oxygen atoms in total. The monoisotopic (exact) mass is 212 g/mol. The number of ether oxygens (including phenoxy) is 1. The van der Waals surface area contributed by atoms with Gasteiger partial charge in [-0.1, -0.05) is 6.92 Å². The molecule has 0 amide bonds. The fraction of sp³-hybridized carbons (Fsp3) is 0.800.